The van der Waals surface area contributed by atoms with Gasteiger partial charge < -0.3 is 9.64 Å². The number of aromatic nitrogens is 2. The van der Waals surface area contributed by atoms with Crippen molar-refractivity contribution in [2.45, 2.75) is 45.7 Å². The minimum absolute atomic E-state index is 0.00891. The largest absolute Gasteiger partial charge is 0.378 e. The van der Waals surface area contributed by atoms with Gasteiger partial charge >= 0.3 is 0 Å². The first-order chi connectivity index (χ1) is 11.4. The molecule has 6 nitrogen and oxygen atoms in total. The molecule has 0 radical (unpaired) electrons. The molecule has 0 spiro atoms. The monoisotopic (exact) mass is 334 g/mol. The maximum atomic E-state index is 12.7. The topological polar surface area (TPSA) is 50.6 Å². The summed E-state index contributed by atoms with van der Waals surface area (Å²) in [6.45, 7) is 12.1. The van der Waals surface area contributed by atoms with Crippen LogP contribution in [0.1, 0.15) is 39.2 Å². The number of morpholine rings is 1. The number of hydrogen-bond donors (Lipinski definition) is 0. The van der Waals surface area contributed by atoms with Crippen LogP contribution < -0.4 is 0 Å². The summed E-state index contributed by atoms with van der Waals surface area (Å²) < 4.78 is 7.37. The van der Waals surface area contributed by atoms with E-state index in [4.69, 9.17) is 4.74 Å². The zero-order valence-electron chi connectivity index (χ0n) is 15.2. The van der Waals surface area contributed by atoms with Crippen LogP contribution in [0.25, 0.3) is 0 Å². The Morgan fingerprint density at radius 1 is 1.29 bits per heavy atom. The minimum atomic E-state index is 0.00891. The van der Waals surface area contributed by atoms with Gasteiger partial charge in [0.1, 0.15) is 0 Å². The highest BCUT2D eigenvalue weighted by molar-refractivity contribution is 5.79. The highest BCUT2D eigenvalue weighted by Gasteiger charge is 2.30. The van der Waals surface area contributed by atoms with Gasteiger partial charge in [0, 0.05) is 37.9 Å². The van der Waals surface area contributed by atoms with E-state index in [-0.39, 0.29) is 11.5 Å². The SMILES string of the molecule is CC(C)(C)n1cc(CN2CCC[C@H](C(=O)N3CCOCC3)C2)cn1. The molecule has 0 N–H and O–H groups in total. The van der Waals surface area contributed by atoms with Crippen molar-refractivity contribution < 1.29 is 9.53 Å². The van der Waals surface area contributed by atoms with Gasteiger partial charge in [0.25, 0.3) is 0 Å². The van der Waals surface area contributed by atoms with Crippen LogP contribution in [0.15, 0.2) is 12.4 Å². The van der Waals surface area contributed by atoms with E-state index in [1.807, 2.05) is 15.8 Å². The van der Waals surface area contributed by atoms with Gasteiger partial charge in [-0.1, -0.05) is 0 Å². The number of carbonyl (C=O) groups excluding carboxylic acids is 1. The van der Waals surface area contributed by atoms with E-state index >= 15 is 0 Å². The van der Waals surface area contributed by atoms with E-state index in [1.54, 1.807) is 0 Å². The minimum Gasteiger partial charge on any atom is -0.378 e. The Kier molecular flexibility index (Phi) is 5.25. The van der Waals surface area contributed by atoms with Crippen molar-refractivity contribution in [3.8, 4) is 0 Å². The molecule has 2 saturated heterocycles. The van der Waals surface area contributed by atoms with Crippen LogP contribution in [0, 0.1) is 5.92 Å². The van der Waals surface area contributed by atoms with Crippen LogP contribution in [0.2, 0.25) is 0 Å². The predicted octanol–water partition coefficient (Wildman–Crippen LogP) is 1.71. The molecular weight excluding hydrogens is 304 g/mol. The average molecular weight is 334 g/mol. The van der Waals surface area contributed by atoms with Gasteiger partial charge in [-0.15, -0.1) is 0 Å². The number of carbonyl (C=O) groups is 1. The number of amides is 1. The van der Waals surface area contributed by atoms with Crippen LogP contribution in [-0.4, -0.2) is 64.9 Å². The second kappa shape index (κ2) is 7.23. The smallest absolute Gasteiger partial charge is 0.227 e. The second-order valence-corrected chi connectivity index (χ2v) is 7.98. The lowest BCUT2D eigenvalue weighted by Crippen LogP contribution is -2.48. The van der Waals surface area contributed by atoms with Crippen molar-refractivity contribution in [1.29, 1.82) is 0 Å². The molecule has 1 amide bonds. The van der Waals surface area contributed by atoms with Gasteiger partial charge in [-0.3, -0.25) is 14.4 Å². The Bertz CT molecular complexity index is 558. The van der Waals surface area contributed by atoms with Crippen LogP contribution in [0.5, 0.6) is 0 Å². The summed E-state index contributed by atoms with van der Waals surface area (Å²) >= 11 is 0. The summed E-state index contributed by atoms with van der Waals surface area (Å²) in [4.78, 5) is 17.1. The van der Waals surface area contributed by atoms with Crippen molar-refractivity contribution in [3.05, 3.63) is 18.0 Å². The molecule has 1 aromatic heterocycles. The van der Waals surface area contributed by atoms with Gasteiger partial charge in [-0.05, 0) is 40.2 Å². The molecule has 1 atom stereocenters. The summed E-state index contributed by atoms with van der Waals surface area (Å²) in [7, 11) is 0. The molecule has 0 bridgehead atoms. The van der Waals surface area contributed by atoms with Gasteiger partial charge in [0.05, 0.1) is 30.9 Å². The van der Waals surface area contributed by atoms with E-state index in [1.165, 1.54) is 5.56 Å². The third-order valence-corrected chi connectivity index (χ3v) is 4.91. The van der Waals surface area contributed by atoms with E-state index in [2.05, 4.69) is 37.0 Å². The maximum Gasteiger partial charge on any atom is 0.227 e. The summed E-state index contributed by atoms with van der Waals surface area (Å²) in [6.07, 6.45) is 6.19. The van der Waals surface area contributed by atoms with E-state index in [0.717, 1.165) is 45.6 Å². The summed E-state index contributed by atoms with van der Waals surface area (Å²) in [6, 6.07) is 0. The van der Waals surface area contributed by atoms with E-state index in [0.29, 0.717) is 19.1 Å². The van der Waals surface area contributed by atoms with Gasteiger partial charge in [0.15, 0.2) is 0 Å². The zero-order valence-corrected chi connectivity index (χ0v) is 15.2. The zero-order chi connectivity index (χ0) is 17.2. The van der Waals surface area contributed by atoms with Gasteiger partial charge in [0.2, 0.25) is 5.91 Å². The van der Waals surface area contributed by atoms with Crippen molar-refractivity contribution in [1.82, 2.24) is 19.6 Å². The standard InChI is InChI=1S/C18H30N4O2/c1-18(2,3)22-13-15(11-19-22)12-20-6-4-5-16(14-20)17(23)21-7-9-24-10-8-21/h11,13,16H,4-10,12,14H2,1-3H3/t16-/m0/s1. The van der Waals surface area contributed by atoms with Gasteiger partial charge in [-0.2, -0.15) is 5.10 Å². The molecule has 134 valence electrons. The maximum absolute atomic E-state index is 12.7. The number of nitrogens with zero attached hydrogens (tertiary/aromatic N) is 4. The molecule has 0 unspecified atom stereocenters. The lowest BCUT2D eigenvalue weighted by molar-refractivity contribution is -0.141. The lowest BCUT2D eigenvalue weighted by atomic mass is 9.96. The van der Waals surface area contributed by atoms with Crippen molar-refractivity contribution in [2.24, 2.45) is 5.92 Å². The molecule has 2 aliphatic heterocycles. The van der Waals surface area contributed by atoms with Crippen LogP contribution in [0.4, 0.5) is 0 Å². The van der Waals surface area contributed by atoms with Crippen molar-refractivity contribution >= 4 is 5.91 Å². The Morgan fingerprint density at radius 3 is 2.71 bits per heavy atom. The molecule has 1 aromatic rings. The summed E-state index contributed by atoms with van der Waals surface area (Å²) in [5.74, 6) is 0.447. The fourth-order valence-electron chi connectivity index (χ4n) is 3.51. The Hall–Kier alpha value is -1.40. The van der Waals surface area contributed by atoms with Gasteiger partial charge in [-0.25, -0.2) is 0 Å². The Labute approximate surface area is 144 Å². The molecule has 6 heteroatoms. The van der Waals surface area contributed by atoms with E-state index < -0.39 is 0 Å². The fraction of sp³-hybridized carbons (Fsp3) is 0.778. The number of rotatable bonds is 3. The van der Waals surface area contributed by atoms with Crippen molar-refractivity contribution in [2.75, 3.05) is 39.4 Å². The first kappa shape index (κ1) is 17.4. The first-order valence-corrected chi connectivity index (χ1v) is 9.06. The molecule has 3 rings (SSSR count). The summed E-state index contributed by atoms with van der Waals surface area (Å²) in [5.41, 5.74) is 1.24. The number of ether oxygens (including phenoxy) is 1. The lowest BCUT2D eigenvalue weighted by Gasteiger charge is -2.36. The Balaban J connectivity index is 1.57. The molecular formula is C18H30N4O2. The van der Waals surface area contributed by atoms with Crippen LogP contribution in [0.3, 0.4) is 0 Å². The van der Waals surface area contributed by atoms with Crippen molar-refractivity contribution in [3.63, 3.8) is 0 Å². The number of hydrogen-bond acceptors (Lipinski definition) is 4. The second-order valence-electron chi connectivity index (χ2n) is 7.98. The highest BCUT2D eigenvalue weighted by atomic mass is 16.5. The third kappa shape index (κ3) is 4.16. The molecule has 0 aromatic carbocycles. The van der Waals surface area contributed by atoms with Crippen LogP contribution in [-0.2, 0) is 21.6 Å². The fourth-order valence-corrected chi connectivity index (χ4v) is 3.51. The molecule has 2 aliphatic rings. The number of piperidine rings is 1. The average Bonchev–Trinajstić information content (AvgIpc) is 3.04. The number of likely N-dealkylation sites (tertiary alicyclic amines) is 1. The molecule has 0 aliphatic carbocycles. The molecule has 3 heterocycles. The molecule has 2 fully saturated rings. The normalized spacial score (nSPS) is 23.5. The first-order valence-electron chi connectivity index (χ1n) is 9.06. The summed E-state index contributed by atoms with van der Waals surface area (Å²) in [5, 5.41) is 4.48. The van der Waals surface area contributed by atoms with Crippen LogP contribution >= 0.6 is 0 Å². The third-order valence-electron chi connectivity index (χ3n) is 4.91. The Morgan fingerprint density at radius 2 is 2.04 bits per heavy atom. The molecule has 0 saturated carbocycles. The predicted molar refractivity (Wildman–Crippen MR) is 92.6 cm³/mol. The quantitative estimate of drug-likeness (QED) is 0.844. The molecule has 24 heavy (non-hydrogen) atoms. The van der Waals surface area contributed by atoms with E-state index in [9.17, 15) is 4.79 Å². The highest BCUT2D eigenvalue weighted by Crippen LogP contribution is 2.22.